The number of nitrogens with two attached hydrogens (primary N) is 1. The van der Waals surface area contributed by atoms with Crippen LogP contribution in [-0.4, -0.2) is 28.8 Å². The summed E-state index contributed by atoms with van der Waals surface area (Å²) in [5, 5.41) is 2.39. The summed E-state index contributed by atoms with van der Waals surface area (Å²) in [5.74, 6) is -2.05. The molecule has 0 saturated carbocycles. The number of hydrogen-bond acceptors (Lipinski definition) is 5. The molecule has 1 atom stereocenters. The maximum absolute atomic E-state index is 12.0. The molecule has 2 aromatic rings. The van der Waals surface area contributed by atoms with E-state index in [9.17, 15) is 14.4 Å². The molecule has 1 aromatic heterocycles. The minimum atomic E-state index is -1.16. The second kappa shape index (κ2) is 8.42. The summed E-state index contributed by atoms with van der Waals surface area (Å²) in [6.45, 7) is 0.0827. The first-order chi connectivity index (χ1) is 11.6. The van der Waals surface area contributed by atoms with Crippen LogP contribution in [0.3, 0.4) is 0 Å². The summed E-state index contributed by atoms with van der Waals surface area (Å²) in [6, 6.07) is 12.7. The lowest BCUT2D eigenvalue weighted by Gasteiger charge is -2.14. The number of amides is 2. The van der Waals surface area contributed by atoms with Crippen LogP contribution in [0.4, 0.5) is 0 Å². The molecule has 0 aliphatic heterocycles. The number of nitrogens with zero attached hydrogens (tertiary/aromatic N) is 1. The third-order valence-electron chi connectivity index (χ3n) is 3.16. The van der Waals surface area contributed by atoms with Gasteiger partial charge in [0.05, 0.1) is 6.42 Å². The van der Waals surface area contributed by atoms with E-state index in [2.05, 4.69) is 10.3 Å². The minimum absolute atomic E-state index is 0.0827. The second-order valence-corrected chi connectivity index (χ2v) is 4.99. The van der Waals surface area contributed by atoms with Crippen LogP contribution in [0, 0.1) is 0 Å². The quantitative estimate of drug-likeness (QED) is 0.731. The number of rotatable bonds is 7. The summed E-state index contributed by atoms with van der Waals surface area (Å²) in [4.78, 5) is 39.2. The van der Waals surface area contributed by atoms with Gasteiger partial charge in [-0.3, -0.25) is 19.4 Å². The van der Waals surface area contributed by atoms with Crippen LogP contribution in [0.15, 0.2) is 54.7 Å². The number of ether oxygens (including phenoxy) is 1. The third-order valence-corrected chi connectivity index (χ3v) is 3.16. The minimum Gasteiger partial charge on any atom is -0.461 e. The molecule has 0 bridgehead atoms. The van der Waals surface area contributed by atoms with Crippen LogP contribution in [0.1, 0.15) is 22.5 Å². The summed E-state index contributed by atoms with van der Waals surface area (Å²) in [7, 11) is 0. The highest BCUT2D eigenvalue weighted by molar-refractivity contribution is 5.96. The average Bonchev–Trinajstić information content (AvgIpc) is 2.61. The van der Waals surface area contributed by atoms with Crippen LogP contribution < -0.4 is 11.1 Å². The lowest BCUT2D eigenvalue weighted by Crippen LogP contribution is -2.46. The molecular formula is C17H17N3O4. The number of esters is 1. The molecule has 0 radical (unpaired) electrons. The van der Waals surface area contributed by atoms with E-state index < -0.39 is 23.8 Å². The first-order valence-corrected chi connectivity index (χ1v) is 7.27. The number of benzene rings is 1. The van der Waals surface area contributed by atoms with Crippen molar-refractivity contribution in [2.75, 3.05) is 0 Å². The first kappa shape index (κ1) is 17.1. The zero-order valence-electron chi connectivity index (χ0n) is 12.8. The number of primary amides is 1. The molecule has 3 N–H and O–H groups in total. The Morgan fingerprint density at radius 1 is 1.08 bits per heavy atom. The van der Waals surface area contributed by atoms with Gasteiger partial charge in [0.15, 0.2) is 0 Å². The highest BCUT2D eigenvalue weighted by atomic mass is 16.5. The van der Waals surface area contributed by atoms with E-state index >= 15 is 0 Å². The molecule has 0 fully saturated rings. The summed E-state index contributed by atoms with van der Waals surface area (Å²) in [6.07, 6.45) is 1.10. The Morgan fingerprint density at radius 3 is 2.42 bits per heavy atom. The van der Waals surface area contributed by atoms with Gasteiger partial charge >= 0.3 is 5.97 Å². The van der Waals surface area contributed by atoms with Crippen LogP contribution in [0.2, 0.25) is 0 Å². The molecule has 1 aromatic carbocycles. The molecule has 7 heteroatoms. The van der Waals surface area contributed by atoms with Crippen molar-refractivity contribution in [2.24, 2.45) is 5.73 Å². The van der Waals surface area contributed by atoms with Crippen molar-refractivity contribution in [3.63, 3.8) is 0 Å². The molecule has 0 aliphatic rings. The fraction of sp³-hybridized carbons (Fsp3) is 0.176. The lowest BCUT2D eigenvalue weighted by atomic mass is 10.2. The van der Waals surface area contributed by atoms with Gasteiger partial charge in [-0.05, 0) is 17.7 Å². The number of hydrogen-bond donors (Lipinski definition) is 2. The van der Waals surface area contributed by atoms with Crippen LogP contribution in [0.5, 0.6) is 0 Å². The Kier molecular flexibility index (Phi) is 6.01. The van der Waals surface area contributed by atoms with Crippen molar-refractivity contribution in [1.29, 1.82) is 0 Å². The van der Waals surface area contributed by atoms with Crippen molar-refractivity contribution >= 4 is 17.8 Å². The predicted octanol–water partition coefficient (Wildman–Crippen LogP) is 0.799. The third kappa shape index (κ3) is 5.20. The highest BCUT2D eigenvalue weighted by Gasteiger charge is 2.23. The molecule has 24 heavy (non-hydrogen) atoms. The molecule has 0 saturated heterocycles. The largest absolute Gasteiger partial charge is 0.461 e. The Balaban J connectivity index is 1.89. The second-order valence-electron chi connectivity index (χ2n) is 4.99. The van der Waals surface area contributed by atoms with Crippen LogP contribution >= 0.6 is 0 Å². The van der Waals surface area contributed by atoms with Gasteiger partial charge in [0, 0.05) is 6.20 Å². The summed E-state index contributed by atoms with van der Waals surface area (Å²) >= 11 is 0. The number of aromatic nitrogens is 1. The van der Waals surface area contributed by atoms with Gasteiger partial charge in [-0.1, -0.05) is 36.4 Å². The van der Waals surface area contributed by atoms with Gasteiger partial charge in [-0.25, -0.2) is 0 Å². The molecule has 2 rings (SSSR count). The molecule has 2 amide bonds. The smallest absolute Gasteiger partial charge is 0.308 e. The van der Waals surface area contributed by atoms with Crippen LogP contribution in [0.25, 0.3) is 0 Å². The zero-order valence-corrected chi connectivity index (χ0v) is 12.8. The van der Waals surface area contributed by atoms with Gasteiger partial charge in [-0.15, -0.1) is 0 Å². The first-order valence-electron chi connectivity index (χ1n) is 7.27. The number of nitrogens with one attached hydrogen (secondary N) is 1. The van der Waals surface area contributed by atoms with E-state index in [0.717, 1.165) is 5.56 Å². The van der Waals surface area contributed by atoms with E-state index in [1.807, 2.05) is 30.3 Å². The fourth-order valence-corrected chi connectivity index (χ4v) is 1.92. The number of pyridine rings is 1. The normalized spacial score (nSPS) is 11.3. The standard InChI is InChI=1S/C17H17N3O4/c18-16(22)14(20-17(23)13-8-4-5-9-19-13)10-15(21)24-11-12-6-2-1-3-7-12/h1-9,14H,10-11H2,(H2,18,22)(H,20,23)/t14-/m0/s1. The Morgan fingerprint density at radius 2 is 1.79 bits per heavy atom. The topological polar surface area (TPSA) is 111 Å². The Bertz CT molecular complexity index is 704. The summed E-state index contributed by atoms with van der Waals surface area (Å²) < 4.78 is 5.08. The maximum Gasteiger partial charge on any atom is 0.308 e. The van der Waals surface area contributed by atoms with Crippen molar-refractivity contribution in [3.8, 4) is 0 Å². The molecule has 124 valence electrons. The van der Waals surface area contributed by atoms with Gasteiger partial charge in [0.25, 0.3) is 5.91 Å². The van der Waals surface area contributed by atoms with Crippen molar-refractivity contribution in [3.05, 3.63) is 66.0 Å². The maximum atomic E-state index is 12.0. The van der Waals surface area contributed by atoms with E-state index in [-0.39, 0.29) is 18.7 Å². The Hall–Kier alpha value is -3.22. The SMILES string of the molecule is NC(=O)[C@H](CC(=O)OCc1ccccc1)NC(=O)c1ccccn1. The number of carbonyl (C=O) groups is 3. The molecular weight excluding hydrogens is 310 g/mol. The molecule has 0 spiro atoms. The highest BCUT2D eigenvalue weighted by Crippen LogP contribution is 2.04. The predicted molar refractivity (Wildman–Crippen MR) is 85.5 cm³/mol. The fourth-order valence-electron chi connectivity index (χ4n) is 1.92. The summed E-state index contributed by atoms with van der Waals surface area (Å²) in [5.41, 5.74) is 6.18. The lowest BCUT2D eigenvalue weighted by molar-refractivity contribution is -0.146. The van der Waals surface area contributed by atoms with Crippen molar-refractivity contribution in [2.45, 2.75) is 19.1 Å². The Labute approximate surface area is 138 Å². The number of carbonyl (C=O) groups excluding carboxylic acids is 3. The monoisotopic (exact) mass is 327 g/mol. The average molecular weight is 327 g/mol. The molecule has 7 nitrogen and oxygen atoms in total. The van der Waals surface area contributed by atoms with Gasteiger partial charge in [0.2, 0.25) is 5.91 Å². The van der Waals surface area contributed by atoms with Crippen molar-refractivity contribution < 1.29 is 19.1 Å². The van der Waals surface area contributed by atoms with E-state index in [4.69, 9.17) is 10.5 Å². The molecule has 0 unspecified atom stereocenters. The van der Waals surface area contributed by atoms with E-state index in [1.54, 1.807) is 12.1 Å². The zero-order chi connectivity index (χ0) is 17.4. The van der Waals surface area contributed by atoms with Gasteiger partial charge in [0.1, 0.15) is 18.3 Å². The molecule has 0 aliphatic carbocycles. The van der Waals surface area contributed by atoms with E-state index in [1.165, 1.54) is 12.3 Å². The van der Waals surface area contributed by atoms with Crippen molar-refractivity contribution in [1.82, 2.24) is 10.3 Å². The van der Waals surface area contributed by atoms with Gasteiger partial charge < -0.3 is 15.8 Å². The van der Waals surface area contributed by atoms with Gasteiger partial charge in [-0.2, -0.15) is 0 Å². The van der Waals surface area contributed by atoms with Crippen LogP contribution in [-0.2, 0) is 20.9 Å². The molecule has 1 heterocycles. The van der Waals surface area contributed by atoms with E-state index in [0.29, 0.717) is 0 Å².